The molecule has 5 heteroatoms. The van der Waals surface area contributed by atoms with Crippen LogP contribution < -0.4 is 5.73 Å². The van der Waals surface area contributed by atoms with Crippen LogP contribution in [0.5, 0.6) is 0 Å². The van der Waals surface area contributed by atoms with Crippen molar-refractivity contribution in [3.05, 3.63) is 36.0 Å². The minimum absolute atomic E-state index is 0.0405. The molecule has 0 saturated carbocycles. The number of rotatable bonds is 4. The lowest BCUT2D eigenvalue weighted by Gasteiger charge is -2.18. The van der Waals surface area contributed by atoms with Crippen LogP contribution in [0.3, 0.4) is 0 Å². The van der Waals surface area contributed by atoms with Crippen molar-refractivity contribution in [2.45, 2.75) is 0 Å². The molecule has 0 atom stereocenters. The maximum atomic E-state index is 12.4. The Kier molecular flexibility index (Phi) is 3.53. The van der Waals surface area contributed by atoms with Gasteiger partial charge < -0.3 is 15.6 Å². The number of nitrogens with two attached hydrogens (primary N) is 1. The van der Waals surface area contributed by atoms with Gasteiger partial charge in [0.1, 0.15) is 6.54 Å². The third kappa shape index (κ3) is 2.58. The van der Waals surface area contributed by atoms with Gasteiger partial charge in [-0.1, -0.05) is 18.1 Å². The summed E-state index contributed by atoms with van der Waals surface area (Å²) in [7, 11) is 0. The van der Waals surface area contributed by atoms with E-state index in [2.05, 4.69) is 10.9 Å². The Labute approximate surface area is 110 Å². The van der Waals surface area contributed by atoms with Gasteiger partial charge in [-0.2, -0.15) is 0 Å². The molecular formula is C14H13N3O2. The average Bonchev–Trinajstić information content (AvgIpc) is 2.85. The van der Waals surface area contributed by atoms with Gasteiger partial charge >= 0.3 is 0 Å². The van der Waals surface area contributed by atoms with Gasteiger partial charge in [0.15, 0.2) is 0 Å². The van der Waals surface area contributed by atoms with Crippen LogP contribution in [0, 0.1) is 12.3 Å². The lowest BCUT2D eigenvalue weighted by molar-refractivity contribution is -0.118. The molecule has 0 aliphatic carbocycles. The van der Waals surface area contributed by atoms with E-state index in [-0.39, 0.29) is 19.0 Å². The predicted molar refractivity (Wildman–Crippen MR) is 72.2 cm³/mol. The van der Waals surface area contributed by atoms with E-state index < -0.39 is 5.91 Å². The van der Waals surface area contributed by atoms with Crippen LogP contribution in [0.1, 0.15) is 10.4 Å². The molecule has 1 aromatic heterocycles. The SMILES string of the molecule is C#CCN(CC(N)=O)C(=O)c1cccc2cc[nH]c12. The molecule has 2 amide bonds. The highest BCUT2D eigenvalue weighted by atomic mass is 16.2. The van der Waals surface area contributed by atoms with Gasteiger partial charge in [0, 0.05) is 11.6 Å². The Morgan fingerprint density at radius 3 is 2.84 bits per heavy atom. The minimum Gasteiger partial charge on any atom is -0.368 e. The number of benzene rings is 1. The number of para-hydroxylation sites is 1. The number of terminal acetylenes is 1. The highest BCUT2D eigenvalue weighted by Crippen LogP contribution is 2.18. The molecule has 3 N–H and O–H groups in total. The summed E-state index contributed by atoms with van der Waals surface area (Å²) in [6, 6.07) is 7.22. The zero-order chi connectivity index (χ0) is 13.8. The van der Waals surface area contributed by atoms with Gasteiger partial charge in [-0.05, 0) is 12.1 Å². The van der Waals surface area contributed by atoms with Crippen molar-refractivity contribution >= 4 is 22.7 Å². The minimum atomic E-state index is -0.595. The molecule has 0 spiro atoms. The number of carbonyl (C=O) groups is 2. The molecule has 0 unspecified atom stereocenters. The summed E-state index contributed by atoms with van der Waals surface area (Å²) in [5, 5.41) is 0.922. The second kappa shape index (κ2) is 5.27. The molecule has 1 aromatic carbocycles. The second-order valence-electron chi connectivity index (χ2n) is 4.08. The van der Waals surface area contributed by atoms with E-state index in [9.17, 15) is 9.59 Å². The lowest BCUT2D eigenvalue weighted by Crippen LogP contribution is -2.38. The Bertz CT molecular complexity index is 667. The highest BCUT2D eigenvalue weighted by molar-refractivity contribution is 6.06. The number of primary amides is 1. The van der Waals surface area contributed by atoms with Crippen molar-refractivity contribution in [2.24, 2.45) is 5.73 Å². The van der Waals surface area contributed by atoms with E-state index in [1.807, 2.05) is 12.1 Å². The van der Waals surface area contributed by atoms with E-state index in [0.29, 0.717) is 5.56 Å². The van der Waals surface area contributed by atoms with Crippen molar-refractivity contribution < 1.29 is 9.59 Å². The molecule has 0 aliphatic rings. The first kappa shape index (κ1) is 12.7. The maximum Gasteiger partial charge on any atom is 0.257 e. The number of carbonyl (C=O) groups excluding carboxylic acids is 2. The smallest absolute Gasteiger partial charge is 0.257 e. The third-order valence-corrected chi connectivity index (χ3v) is 2.73. The summed E-state index contributed by atoms with van der Waals surface area (Å²) in [5.41, 5.74) is 6.32. The van der Waals surface area contributed by atoms with Gasteiger partial charge in [-0.15, -0.1) is 6.42 Å². The number of H-pyrrole nitrogens is 1. The van der Waals surface area contributed by atoms with Crippen LogP contribution in [0.15, 0.2) is 30.5 Å². The normalized spacial score (nSPS) is 10.1. The number of amides is 2. The fourth-order valence-electron chi connectivity index (χ4n) is 1.93. The van der Waals surface area contributed by atoms with Crippen molar-refractivity contribution in [3.8, 4) is 12.3 Å². The molecule has 0 radical (unpaired) electrons. The third-order valence-electron chi connectivity index (χ3n) is 2.73. The van der Waals surface area contributed by atoms with E-state index in [1.165, 1.54) is 4.90 Å². The Hall–Kier alpha value is -2.74. The van der Waals surface area contributed by atoms with E-state index in [1.54, 1.807) is 18.3 Å². The Morgan fingerprint density at radius 2 is 2.16 bits per heavy atom. The summed E-state index contributed by atoms with van der Waals surface area (Å²) < 4.78 is 0. The van der Waals surface area contributed by atoms with Crippen LogP contribution in [0.4, 0.5) is 0 Å². The molecule has 2 rings (SSSR count). The van der Waals surface area contributed by atoms with Crippen LogP contribution in [-0.4, -0.2) is 34.8 Å². The molecular weight excluding hydrogens is 242 g/mol. The number of nitrogens with zero attached hydrogens (tertiary/aromatic N) is 1. The molecule has 0 saturated heterocycles. The van der Waals surface area contributed by atoms with Crippen molar-refractivity contribution in [1.29, 1.82) is 0 Å². The predicted octanol–water partition coefficient (Wildman–Crippen LogP) is 0.729. The van der Waals surface area contributed by atoms with Crippen LogP contribution in [0.25, 0.3) is 10.9 Å². The molecule has 2 aromatic rings. The molecule has 0 bridgehead atoms. The zero-order valence-electron chi connectivity index (χ0n) is 10.2. The van der Waals surface area contributed by atoms with Crippen LogP contribution in [0.2, 0.25) is 0 Å². The van der Waals surface area contributed by atoms with Gasteiger partial charge in [0.25, 0.3) is 5.91 Å². The van der Waals surface area contributed by atoms with Crippen LogP contribution in [-0.2, 0) is 4.79 Å². The quantitative estimate of drug-likeness (QED) is 0.790. The number of nitrogens with one attached hydrogen (secondary N) is 1. The number of fused-ring (bicyclic) bond motifs is 1. The first-order valence-corrected chi connectivity index (χ1v) is 5.70. The van der Waals surface area contributed by atoms with Crippen LogP contribution >= 0.6 is 0 Å². The monoisotopic (exact) mass is 255 g/mol. The largest absolute Gasteiger partial charge is 0.368 e. The average molecular weight is 255 g/mol. The number of hydrogen-bond donors (Lipinski definition) is 2. The molecule has 0 aliphatic heterocycles. The lowest BCUT2D eigenvalue weighted by atomic mass is 10.1. The standard InChI is InChI=1S/C14H13N3O2/c1-2-8-17(9-12(15)18)14(19)11-5-3-4-10-6-7-16-13(10)11/h1,3-7,16H,8-9H2,(H2,15,18). The molecule has 1 heterocycles. The highest BCUT2D eigenvalue weighted by Gasteiger charge is 2.19. The summed E-state index contributed by atoms with van der Waals surface area (Å²) in [5.74, 6) is 1.44. The maximum absolute atomic E-state index is 12.4. The number of aromatic amines is 1. The Balaban J connectivity index is 2.38. The topological polar surface area (TPSA) is 79.2 Å². The first-order valence-electron chi connectivity index (χ1n) is 5.70. The molecule has 96 valence electrons. The van der Waals surface area contributed by atoms with E-state index in [4.69, 9.17) is 12.2 Å². The van der Waals surface area contributed by atoms with Gasteiger partial charge in [0.05, 0.1) is 17.6 Å². The van der Waals surface area contributed by atoms with Crippen molar-refractivity contribution in [3.63, 3.8) is 0 Å². The summed E-state index contributed by atoms with van der Waals surface area (Å²) in [6.07, 6.45) is 6.96. The van der Waals surface area contributed by atoms with E-state index in [0.717, 1.165) is 10.9 Å². The Morgan fingerprint density at radius 1 is 1.37 bits per heavy atom. The van der Waals surface area contributed by atoms with Crippen molar-refractivity contribution in [2.75, 3.05) is 13.1 Å². The fraction of sp³-hybridized carbons (Fsp3) is 0.143. The van der Waals surface area contributed by atoms with E-state index >= 15 is 0 Å². The van der Waals surface area contributed by atoms with Gasteiger partial charge in [-0.25, -0.2) is 0 Å². The number of hydrogen-bond acceptors (Lipinski definition) is 2. The summed E-state index contributed by atoms with van der Waals surface area (Å²) in [6.45, 7) is -0.154. The molecule has 19 heavy (non-hydrogen) atoms. The summed E-state index contributed by atoms with van der Waals surface area (Å²) in [4.78, 5) is 27.6. The first-order chi connectivity index (χ1) is 9.13. The number of aromatic nitrogens is 1. The van der Waals surface area contributed by atoms with Crippen molar-refractivity contribution in [1.82, 2.24) is 9.88 Å². The second-order valence-corrected chi connectivity index (χ2v) is 4.08. The van der Waals surface area contributed by atoms with Gasteiger partial charge in [0.2, 0.25) is 5.91 Å². The fourth-order valence-corrected chi connectivity index (χ4v) is 1.93. The molecule has 0 fully saturated rings. The van der Waals surface area contributed by atoms with Gasteiger partial charge in [-0.3, -0.25) is 9.59 Å². The molecule has 5 nitrogen and oxygen atoms in total. The summed E-state index contributed by atoms with van der Waals surface area (Å²) >= 11 is 0. The zero-order valence-corrected chi connectivity index (χ0v) is 10.2.